The van der Waals surface area contributed by atoms with Gasteiger partial charge in [-0.3, -0.25) is 4.79 Å². The van der Waals surface area contributed by atoms with E-state index in [1.54, 1.807) is 24.3 Å². The number of amides is 1. The van der Waals surface area contributed by atoms with Crippen LogP contribution in [-0.4, -0.2) is 17.0 Å². The lowest BCUT2D eigenvalue weighted by Crippen LogP contribution is -2.33. The van der Waals surface area contributed by atoms with E-state index in [-0.39, 0.29) is 5.91 Å². The maximum Gasteiger partial charge on any atom is 0.330 e. The van der Waals surface area contributed by atoms with E-state index < -0.39 is 12.0 Å². The van der Waals surface area contributed by atoms with Crippen LogP contribution >= 0.6 is 11.6 Å². The van der Waals surface area contributed by atoms with Crippen LogP contribution in [0, 0.1) is 5.92 Å². The van der Waals surface area contributed by atoms with E-state index in [0.717, 1.165) is 6.42 Å². The third-order valence-electron chi connectivity index (χ3n) is 2.70. The van der Waals surface area contributed by atoms with Crippen molar-refractivity contribution in [3.63, 3.8) is 0 Å². The molecular formula is C14H18ClNO3. The molecule has 0 radical (unpaired) electrons. The van der Waals surface area contributed by atoms with Crippen molar-refractivity contribution in [2.75, 3.05) is 0 Å². The summed E-state index contributed by atoms with van der Waals surface area (Å²) in [5.41, 5.74) is 0.509. The molecule has 0 fully saturated rings. The highest BCUT2D eigenvalue weighted by atomic mass is 35.5. The Bertz CT molecular complexity index is 443. The smallest absolute Gasteiger partial charge is 0.330 e. The first-order chi connectivity index (χ1) is 8.90. The van der Waals surface area contributed by atoms with E-state index in [1.165, 1.54) is 0 Å². The van der Waals surface area contributed by atoms with Gasteiger partial charge < -0.3 is 10.4 Å². The van der Waals surface area contributed by atoms with Crippen LogP contribution in [-0.2, 0) is 9.59 Å². The third kappa shape index (κ3) is 5.30. The average Bonchev–Trinajstić information content (AvgIpc) is 2.34. The Morgan fingerprint density at radius 2 is 1.84 bits per heavy atom. The number of carbonyl (C=O) groups excluding carboxylic acids is 1. The standard InChI is InChI=1S/C14H18ClNO3/c1-9(2)3-8-12(17)16-13(14(18)19)10-4-6-11(15)7-5-10/h4-7,9,13H,3,8H2,1-2H3,(H,16,17)(H,18,19). The number of carboxylic acid groups (broad SMARTS) is 1. The molecule has 104 valence electrons. The molecule has 1 rings (SSSR count). The number of benzene rings is 1. The van der Waals surface area contributed by atoms with Gasteiger partial charge >= 0.3 is 5.97 Å². The summed E-state index contributed by atoms with van der Waals surface area (Å²) in [5.74, 6) is -0.930. The van der Waals surface area contributed by atoms with Gasteiger partial charge in [0.2, 0.25) is 5.91 Å². The van der Waals surface area contributed by atoms with Gasteiger partial charge in [-0.05, 0) is 30.0 Å². The molecule has 0 saturated carbocycles. The summed E-state index contributed by atoms with van der Waals surface area (Å²) in [4.78, 5) is 22.9. The minimum absolute atomic E-state index is 0.254. The summed E-state index contributed by atoms with van der Waals surface area (Å²) in [5, 5.41) is 12.2. The minimum Gasteiger partial charge on any atom is -0.479 e. The van der Waals surface area contributed by atoms with Crippen LogP contribution in [0.1, 0.15) is 38.3 Å². The molecule has 1 atom stereocenters. The molecule has 19 heavy (non-hydrogen) atoms. The van der Waals surface area contributed by atoms with Crippen molar-refractivity contribution in [1.82, 2.24) is 5.32 Å². The van der Waals surface area contributed by atoms with E-state index in [4.69, 9.17) is 11.6 Å². The number of halogens is 1. The molecule has 0 aliphatic heterocycles. The first-order valence-electron chi connectivity index (χ1n) is 6.17. The first kappa shape index (κ1) is 15.5. The zero-order valence-corrected chi connectivity index (χ0v) is 11.8. The Labute approximate surface area is 117 Å². The summed E-state index contributed by atoms with van der Waals surface area (Å²) >= 11 is 5.75. The summed E-state index contributed by atoms with van der Waals surface area (Å²) < 4.78 is 0. The molecule has 0 aromatic heterocycles. The van der Waals surface area contributed by atoms with Crippen LogP contribution < -0.4 is 5.32 Å². The maximum atomic E-state index is 11.7. The zero-order chi connectivity index (χ0) is 14.4. The van der Waals surface area contributed by atoms with Crippen LogP contribution in [0.5, 0.6) is 0 Å². The molecule has 0 saturated heterocycles. The Kier molecular flexibility index (Phi) is 5.83. The monoisotopic (exact) mass is 283 g/mol. The fourth-order valence-electron chi connectivity index (χ4n) is 1.60. The Balaban J connectivity index is 2.71. The molecule has 1 amide bonds. The number of carbonyl (C=O) groups is 2. The van der Waals surface area contributed by atoms with Gasteiger partial charge in [-0.15, -0.1) is 0 Å². The van der Waals surface area contributed by atoms with Gasteiger partial charge in [-0.1, -0.05) is 37.6 Å². The molecule has 0 aliphatic rings. The minimum atomic E-state index is -1.08. The van der Waals surface area contributed by atoms with Crippen LogP contribution in [0.25, 0.3) is 0 Å². The molecule has 2 N–H and O–H groups in total. The highest BCUT2D eigenvalue weighted by molar-refractivity contribution is 6.30. The van der Waals surface area contributed by atoms with Crippen LogP contribution in [0.15, 0.2) is 24.3 Å². The average molecular weight is 284 g/mol. The molecule has 4 nitrogen and oxygen atoms in total. The molecular weight excluding hydrogens is 266 g/mol. The van der Waals surface area contributed by atoms with Gasteiger partial charge in [0.1, 0.15) is 0 Å². The summed E-state index contributed by atoms with van der Waals surface area (Å²) in [6.07, 6.45) is 1.06. The molecule has 0 heterocycles. The van der Waals surface area contributed by atoms with E-state index in [0.29, 0.717) is 22.9 Å². The van der Waals surface area contributed by atoms with Gasteiger partial charge in [0.25, 0.3) is 0 Å². The highest BCUT2D eigenvalue weighted by Gasteiger charge is 2.21. The van der Waals surface area contributed by atoms with Gasteiger partial charge in [0.15, 0.2) is 6.04 Å². The Hall–Kier alpha value is -1.55. The number of carboxylic acids is 1. The normalized spacial score (nSPS) is 12.2. The quantitative estimate of drug-likeness (QED) is 0.843. The fourth-order valence-corrected chi connectivity index (χ4v) is 1.72. The molecule has 0 aliphatic carbocycles. The van der Waals surface area contributed by atoms with Crippen LogP contribution in [0.2, 0.25) is 5.02 Å². The Morgan fingerprint density at radius 1 is 1.26 bits per heavy atom. The van der Waals surface area contributed by atoms with E-state index in [1.807, 2.05) is 13.8 Å². The summed E-state index contributed by atoms with van der Waals surface area (Å²) in [6, 6.07) is 5.38. The molecule has 1 aromatic rings. The molecule has 1 aromatic carbocycles. The third-order valence-corrected chi connectivity index (χ3v) is 2.96. The largest absolute Gasteiger partial charge is 0.479 e. The van der Waals surface area contributed by atoms with Crippen LogP contribution in [0.3, 0.4) is 0 Å². The second kappa shape index (κ2) is 7.14. The van der Waals surface area contributed by atoms with Gasteiger partial charge in [0.05, 0.1) is 0 Å². The lowest BCUT2D eigenvalue weighted by Gasteiger charge is -2.15. The predicted octanol–water partition coefficient (Wildman–Crippen LogP) is 3.02. The lowest BCUT2D eigenvalue weighted by molar-refractivity contribution is -0.142. The van der Waals surface area contributed by atoms with Gasteiger partial charge in [-0.2, -0.15) is 0 Å². The summed E-state index contributed by atoms with van der Waals surface area (Å²) in [6.45, 7) is 4.03. The highest BCUT2D eigenvalue weighted by Crippen LogP contribution is 2.17. The zero-order valence-electron chi connectivity index (χ0n) is 11.0. The molecule has 1 unspecified atom stereocenters. The van der Waals surface area contributed by atoms with Crippen molar-refractivity contribution in [3.05, 3.63) is 34.9 Å². The predicted molar refractivity (Wildman–Crippen MR) is 74.0 cm³/mol. The number of hydrogen-bond acceptors (Lipinski definition) is 2. The SMILES string of the molecule is CC(C)CCC(=O)NC(C(=O)O)c1ccc(Cl)cc1. The topological polar surface area (TPSA) is 66.4 Å². The Morgan fingerprint density at radius 3 is 2.32 bits per heavy atom. The van der Waals surface area contributed by atoms with Crippen molar-refractivity contribution in [1.29, 1.82) is 0 Å². The second-order valence-electron chi connectivity index (χ2n) is 4.82. The van der Waals surface area contributed by atoms with E-state index in [2.05, 4.69) is 5.32 Å². The molecule has 0 bridgehead atoms. The summed E-state index contributed by atoms with van der Waals surface area (Å²) in [7, 11) is 0. The van der Waals surface area contributed by atoms with Crippen molar-refractivity contribution < 1.29 is 14.7 Å². The second-order valence-corrected chi connectivity index (χ2v) is 5.26. The van der Waals surface area contributed by atoms with Gasteiger partial charge in [-0.25, -0.2) is 4.79 Å². The van der Waals surface area contributed by atoms with Crippen LogP contribution in [0.4, 0.5) is 0 Å². The molecule has 0 spiro atoms. The van der Waals surface area contributed by atoms with Crippen molar-refractivity contribution in [2.24, 2.45) is 5.92 Å². The lowest BCUT2D eigenvalue weighted by atomic mass is 10.1. The number of rotatable bonds is 6. The van der Waals surface area contributed by atoms with Gasteiger partial charge in [0, 0.05) is 11.4 Å². The fraction of sp³-hybridized carbons (Fsp3) is 0.429. The van der Waals surface area contributed by atoms with E-state index in [9.17, 15) is 14.7 Å². The number of hydrogen-bond donors (Lipinski definition) is 2. The maximum absolute atomic E-state index is 11.7. The number of aliphatic carboxylic acids is 1. The molecule has 5 heteroatoms. The van der Waals surface area contributed by atoms with E-state index >= 15 is 0 Å². The van der Waals surface area contributed by atoms with Crippen molar-refractivity contribution >= 4 is 23.5 Å². The first-order valence-corrected chi connectivity index (χ1v) is 6.55. The number of nitrogens with one attached hydrogen (secondary N) is 1. The van der Waals surface area contributed by atoms with Crippen molar-refractivity contribution in [3.8, 4) is 0 Å². The van der Waals surface area contributed by atoms with Crippen molar-refractivity contribution in [2.45, 2.75) is 32.7 Å².